The van der Waals surface area contributed by atoms with E-state index in [4.69, 9.17) is 4.18 Å². The van der Waals surface area contributed by atoms with Crippen molar-refractivity contribution in [3.05, 3.63) is 40.0 Å². The molecular formula is C22H31N5O5S2. The summed E-state index contributed by atoms with van der Waals surface area (Å²) >= 11 is 1.41. The van der Waals surface area contributed by atoms with Gasteiger partial charge in [0.1, 0.15) is 18.2 Å². The number of nitrogens with one attached hydrogen (secondary N) is 2. The minimum atomic E-state index is -3.92. The van der Waals surface area contributed by atoms with Gasteiger partial charge in [0.25, 0.3) is 0 Å². The third-order valence-corrected chi connectivity index (χ3v) is 8.27. The number of aliphatic hydroxyl groups is 1. The predicted octanol–water partition coefficient (Wildman–Crippen LogP) is 1.79. The summed E-state index contributed by atoms with van der Waals surface area (Å²) < 4.78 is 30.4. The second-order valence-corrected chi connectivity index (χ2v) is 11.5. The fraction of sp³-hybridized carbons (Fsp3) is 0.591. The smallest absolute Gasteiger partial charge is 0.335 e. The molecule has 2 fully saturated rings. The molecule has 186 valence electrons. The molecule has 1 aliphatic heterocycles. The Balaban J connectivity index is 1.42. The van der Waals surface area contributed by atoms with Gasteiger partial charge in [-0.3, -0.25) is 13.9 Å². The van der Waals surface area contributed by atoms with E-state index >= 15 is 0 Å². The van der Waals surface area contributed by atoms with Crippen LogP contribution in [0.3, 0.4) is 0 Å². The number of hydrogen-bond donors (Lipinski definition) is 3. The van der Waals surface area contributed by atoms with Crippen molar-refractivity contribution in [2.24, 2.45) is 5.92 Å². The Morgan fingerprint density at radius 2 is 2.21 bits per heavy atom. The molecular weight excluding hydrogens is 478 g/mol. The van der Waals surface area contributed by atoms with Crippen LogP contribution in [0.5, 0.6) is 0 Å². The van der Waals surface area contributed by atoms with E-state index in [0.29, 0.717) is 22.2 Å². The molecule has 2 aromatic rings. The molecule has 4 atom stereocenters. The van der Waals surface area contributed by atoms with E-state index in [1.165, 1.54) is 43.8 Å². The first kappa shape index (κ1) is 25.1. The molecule has 2 aromatic heterocycles. The highest BCUT2D eigenvalue weighted by Gasteiger charge is 2.37. The van der Waals surface area contributed by atoms with Gasteiger partial charge in [0.05, 0.1) is 16.5 Å². The van der Waals surface area contributed by atoms with Gasteiger partial charge >= 0.3 is 10.3 Å². The van der Waals surface area contributed by atoms with Crippen LogP contribution in [-0.2, 0) is 21.0 Å². The van der Waals surface area contributed by atoms with E-state index < -0.39 is 22.5 Å². The number of nitrogens with zero attached hydrogens (tertiary/aromatic N) is 3. The zero-order chi connectivity index (χ0) is 24.3. The number of piperidine rings is 1. The SMILES string of the molecule is CNS(=O)(=O)O[C@@H]1C[C@H](Nc2ncncc2C(=O)c2cc(CN3CCC[C@H](C)C3)cs2)C[C@@H]1O. The maximum Gasteiger partial charge on any atom is 0.335 e. The molecule has 1 saturated carbocycles. The predicted molar refractivity (Wildman–Crippen MR) is 129 cm³/mol. The van der Waals surface area contributed by atoms with Crippen molar-refractivity contribution in [2.45, 2.75) is 57.4 Å². The molecule has 0 radical (unpaired) electrons. The Kier molecular flexibility index (Phi) is 7.95. The van der Waals surface area contributed by atoms with Gasteiger partial charge in [-0.05, 0) is 55.2 Å². The molecule has 0 aromatic carbocycles. The van der Waals surface area contributed by atoms with E-state index in [1.54, 1.807) is 0 Å². The van der Waals surface area contributed by atoms with Crippen molar-refractivity contribution in [3.63, 3.8) is 0 Å². The molecule has 0 unspecified atom stereocenters. The lowest BCUT2D eigenvalue weighted by atomic mass is 10.00. The number of rotatable bonds is 9. The van der Waals surface area contributed by atoms with Crippen molar-refractivity contribution < 1.29 is 22.5 Å². The van der Waals surface area contributed by atoms with E-state index in [1.807, 2.05) is 11.4 Å². The molecule has 0 spiro atoms. The normalized spacial score (nSPS) is 26.0. The molecule has 4 rings (SSSR count). The van der Waals surface area contributed by atoms with Gasteiger partial charge in [-0.1, -0.05) is 6.92 Å². The molecule has 1 saturated heterocycles. The highest BCUT2D eigenvalue weighted by atomic mass is 32.2. The van der Waals surface area contributed by atoms with Crippen LogP contribution in [0, 0.1) is 5.92 Å². The van der Waals surface area contributed by atoms with Gasteiger partial charge in [-0.15, -0.1) is 11.3 Å². The van der Waals surface area contributed by atoms with E-state index in [2.05, 4.69) is 31.8 Å². The Morgan fingerprint density at radius 1 is 1.38 bits per heavy atom. The maximum absolute atomic E-state index is 13.3. The Bertz CT molecular complexity index is 1110. The number of aliphatic hydroxyl groups excluding tert-OH is 1. The van der Waals surface area contributed by atoms with E-state index in [0.717, 1.165) is 25.2 Å². The molecule has 0 amide bonds. The monoisotopic (exact) mass is 509 g/mol. The molecule has 3 N–H and O–H groups in total. The first-order chi connectivity index (χ1) is 16.2. The molecule has 1 aliphatic carbocycles. The summed E-state index contributed by atoms with van der Waals surface area (Å²) in [5, 5.41) is 15.4. The van der Waals surface area contributed by atoms with E-state index in [-0.39, 0.29) is 24.7 Å². The number of anilines is 1. The maximum atomic E-state index is 13.3. The van der Waals surface area contributed by atoms with Gasteiger partial charge in [0.15, 0.2) is 0 Å². The number of likely N-dealkylation sites (tertiary alicyclic amines) is 1. The number of carbonyl (C=O) groups excluding carboxylic acids is 1. The summed E-state index contributed by atoms with van der Waals surface area (Å²) in [6.07, 6.45) is 3.97. The first-order valence-electron chi connectivity index (χ1n) is 11.4. The second kappa shape index (κ2) is 10.8. The highest BCUT2D eigenvalue weighted by Crippen LogP contribution is 2.29. The minimum absolute atomic E-state index is 0.171. The van der Waals surface area contributed by atoms with Gasteiger partial charge in [0, 0.05) is 32.4 Å². The molecule has 12 heteroatoms. The van der Waals surface area contributed by atoms with E-state index in [9.17, 15) is 18.3 Å². The zero-order valence-electron chi connectivity index (χ0n) is 19.3. The summed E-state index contributed by atoms with van der Waals surface area (Å²) in [7, 11) is -2.68. The van der Waals surface area contributed by atoms with Crippen molar-refractivity contribution in [3.8, 4) is 0 Å². The summed E-state index contributed by atoms with van der Waals surface area (Å²) in [5.41, 5.74) is 1.46. The number of carbonyl (C=O) groups is 1. The van der Waals surface area contributed by atoms with Crippen molar-refractivity contribution in [1.29, 1.82) is 0 Å². The van der Waals surface area contributed by atoms with Crippen LogP contribution in [0.2, 0.25) is 0 Å². The lowest BCUT2D eigenvalue weighted by molar-refractivity contribution is 0.0636. The summed E-state index contributed by atoms with van der Waals surface area (Å²) in [6.45, 7) is 5.27. The van der Waals surface area contributed by atoms with Crippen LogP contribution in [-0.4, -0.2) is 72.6 Å². The van der Waals surface area contributed by atoms with Gasteiger partial charge in [-0.25, -0.2) is 9.97 Å². The fourth-order valence-electron chi connectivity index (χ4n) is 4.61. The molecule has 0 bridgehead atoms. The molecule has 3 heterocycles. The molecule has 34 heavy (non-hydrogen) atoms. The van der Waals surface area contributed by atoms with Crippen molar-refractivity contribution in [2.75, 3.05) is 25.5 Å². The van der Waals surface area contributed by atoms with Gasteiger partial charge < -0.3 is 10.4 Å². The standard InChI is InChI=1S/C22H31N5O5S2/c1-14-4-3-5-27(10-14)11-15-6-20(33-12-15)21(29)17-9-24-13-25-22(17)26-16-7-18(28)19(8-16)32-34(30,31)23-2/h6,9,12-14,16,18-19,23,28H,3-5,7-8,10-11H2,1-2H3,(H,24,25,26)/t14-,16+,18-,19+/m0/s1. The largest absolute Gasteiger partial charge is 0.390 e. The van der Waals surface area contributed by atoms with Crippen LogP contribution in [0.1, 0.15) is 53.4 Å². The highest BCUT2D eigenvalue weighted by molar-refractivity contribution is 7.84. The van der Waals surface area contributed by atoms with Gasteiger partial charge in [-0.2, -0.15) is 13.1 Å². The molecule has 10 nitrogen and oxygen atoms in total. The van der Waals surface area contributed by atoms with Crippen molar-refractivity contribution >= 4 is 33.2 Å². The minimum Gasteiger partial charge on any atom is -0.390 e. The van der Waals surface area contributed by atoms with Crippen LogP contribution < -0.4 is 10.0 Å². The summed E-state index contributed by atoms with van der Waals surface area (Å²) in [6, 6.07) is 1.63. The van der Waals surface area contributed by atoms with Crippen LogP contribution >= 0.6 is 11.3 Å². The third-order valence-electron chi connectivity index (χ3n) is 6.29. The average molecular weight is 510 g/mol. The second-order valence-electron chi connectivity index (χ2n) is 9.09. The van der Waals surface area contributed by atoms with Crippen LogP contribution in [0.15, 0.2) is 24.0 Å². The van der Waals surface area contributed by atoms with Crippen LogP contribution in [0.25, 0.3) is 0 Å². The number of ketones is 1. The summed E-state index contributed by atoms with van der Waals surface area (Å²) in [4.78, 5) is 24.6. The Labute approximate surface area is 204 Å². The lowest BCUT2D eigenvalue weighted by Crippen LogP contribution is -2.33. The quantitative estimate of drug-likeness (QED) is 0.433. The number of hydrogen-bond acceptors (Lipinski definition) is 10. The van der Waals surface area contributed by atoms with Crippen molar-refractivity contribution in [1.82, 2.24) is 19.6 Å². The Morgan fingerprint density at radius 3 is 2.97 bits per heavy atom. The fourth-order valence-corrected chi connectivity index (χ4v) is 6.10. The lowest BCUT2D eigenvalue weighted by Gasteiger charge is -2.30. The zero-order valence-corrected chi connectivity index (χ0v) is 20.9. The topological polar surface area (TPSA) is 134 Å². The number of thiophene rings is 1. The third kappa shape index (κ3) is 6.18. The van der Waals surface area contributed by atoms with Gasteiger partial charge in [0.2, 0.25) is 5.78 Å². The molecule has 2 aliphatic rings. The summed E-state index contributed by atoms with van der Waals surface area (Å²) in [5.74, 6) is 0.880. The first-order valence-corrected chi connectivity index (χ1v) is 13.7. The Hall–Kier alpha value is -1.96. The number of aromatic nitrogens is 2. The average Bonchev–Trinajstić information content (AvgIpc) is 3.40. The van der Waals surface area contributed by atoms with Crippen LogP contribution in [0.4, 0.5) is 5.82 Å².